The molecule has 0 fully saturated rings. The van der Waals surface area contributed by atoms with E-state index >= 15 is 0 Å². The Balaban J connectivity index is 2.11. The monoisotopic (exact) mass is 290 g/mol. The highest BCUT2D eigenvalue weighted by Gasteiger charge is 2.40. The number of benzene rings is 1. The van der Waals surface area contributed by atoms with Gasteiger partial charge in [-0.3, -0.25) is 0 Å². The van der Waals surface area contributed by atoms with Crippen LogP contribution in [0.5, 0.6) is 0 Å². The Hall–Kier alpha value is -2.42. The van der Waals surface area contributed by atoms with Crippen LogP contribution in [0.4, 0.5) is 0 Å². The van der Waals surface area contributed by atoms with Crippen molar-refractivity contribution >= 4 is 0 Å². The quantitative estimate of drug-likeness (QED) is 0.630. The molecule has 110 valence electrons. The van der Waals surface area contributed by atoms with Gasteiger partial charge in [0, 0.05) is 29.3 Å². The van der Waals surface area contributed by atoms with Gasteiger partial charge in [0.25, 0.3) is 0 Å². The van der Waals surface area contributed by atoms with Gasteiger partial charge < -0.3 is 0 Å². The molecule has 0 aliphatic carbocycles. The van der Waals surface area contributed by atoms with Crippen molar-refractivity contribution in [3.8, 4) is 16.9 Å². The van der Waals surface area contributed by atoms with Gasteiger partial charge in [-0.05, 0) is 30.7 Å². The third kappa shape index (κ3) is 1.56. The second-order valence-corrected chi connectivity index (χ2v) is 6.60. The number of nitrogens with zero attached hydrogens (tertiary/aromatic N) is 3. The molecule has 2 aromatic heterocycles. The maximum absolute atomic E-state index is 4.53. The summed E-state index contributed by atoms with van der Waals surface area (Å²) in [5.41, 5.74) is 7.67. The topological polar surface area (TPSA) is 21.7 Å². The van der Waals surface area contributed by atoms with Gasteiger partial charge >= 0.3 is 0 Å². The smallest absolute Gasteiger partial charge is 0.212 e. The number of aryl methyl sites for hydroxylation is 2. The molecule has 0 atom stereocenters. The van der Waals surface area contributed by atoms with Crippen molar-refractivity contribution in [2.75, 3.05) is 0 Å². The first-order valence-corrected chi connectivity index (χ1v) is 7.66. The summed E-state index contributed by atoms with van der Waals surface area (Å²) in [5.74, 6) is 0. The molecule has 0 unspecified atom stereocenters. The lowest BCUT2D eigenvalue weighted by atomic mass is 9.78. The van der Waals surface area contributed by atoms with Crippen molar-refractivity contribution in [2.45, 2.75) is 26.2 Å². The van der Waals surface area contributed by atoms with E-state index in [-0.39, 0.29) is 5.41 Å². The van der Waals surface area contributed by atoms with Gasteiger partial charge in [-0.15, -0.1) is 0 Å². The van der Waals surface area contributed by atoms with E-state index in [1.54, 1.807) is 0 Å². The summed E-state index contributed by atoms with van der Waals surface area (Å²) in [6, 6.07) is 12.9. The SMILES string of the molecule is Cc1ccc2c(c1-c1cccc[n+]1C)C(C)(C)c1ccnn1-2. The normalized spacial score (nSPS) is 14.7. The average Bonchev–Trinajstić information content (AvgIpc) is 3.04. The van der Waals surface area contributed by atoms with Crippen molar-refractivity contribution in [2.24, 2.45) is 7.05 Å². The van der Waals surface area contributed by atoms with Crippen LogP contribution in [0.25, 0.3) is 16.9 Å². The van der Waals surface area contributed by atoms with Gasteiger partial charge in [0.1, 0.15) is 7.05 Å². The highest BCUT2D eigenvalue weighted by Crippen LogP contribution is 2.47. The zero-order valence-electron chi connectivity index (χ0n) is 13.5. The molecule has 0 saturated carbocycles. The molecule has 0 amide bonds. The van der Waals surface area contributed by atoms with Gasteiger partial charge in [0.15, 0.2) is 6.20 Å². The van der Waals surface area contributed by atoms with Crippen LogP contribution in [0.15, 0.2) is 48.8 Å². The van der Waals surface area contributed by atoms with Gasteiger partial charge in [-0.1, -0.05) is 19.9 Å². The summed E-state index contributed by atoms with van der Waals surface area (Å²) in [7, 11) is 2.11. The highest BCUT2D eigenvalue weighted by atomic mass is 15.3. The number of rotatable bonds is 1. The first-order chi connectivity index (χ1) is 10.5. The summed E-state index contributed by atoms with van der Waals surface area (Å²) < 4.78 is 4.28. The molecular weight excluding hydrogens is 270 g/mol. The number of hydrogen-bond donors (Lipinski definition) is 0. The van der Waals surface area contributed by atoms with E-state index < -0.39 is 0 Å². The van der Waals surface area contributed by atoms with Gasteiger partial charge in [-0.2, -0.15) is 5.10 Å². The van der Waals surface area contributed by atoms with Crippen LogP contribution in [0.3, 0.4) is 0 Å². The minimum Gasteiger partial charge on any atom is -0.237 e. The van der Waals surface area contributed by atoms with E-state index in [1.165, 1.54) is 33.8 Å². The molecule has 22 heavy (non-hydrogen) atoms. The van der Waals surface area contributed by atoms with Crippen LogP contribution in [-0.2, 0) is 12.5 Å². The summed E-state index contributed by atoms with van der Waals surface area (Å²) >= 11 is 0. The lowest BCUT2D eigenvalue weighted by Gasteiger charge is -2.22. The van der Waals surface area contributed by atoms with Crippen LogP contribution in [0.1, 0.15) is 30.7 Å². The molecule has 0 spiro atoms. The van der Waals surface area contributed by atoms with Crippen LogP contribution >= 0.6 is 0 Å². The first kappa shape index (κ1) is 13.3. The Morgan fingerprint density at radius 2 is 1.91 bits per heavy atom. The summed E-state index contributed by atoms with van der Waals surface area (Å²) in [5, 5.41) is 4.53. The van der Waals surface area contributed by atoms with E-state index in [0.29, 0.717) is 0 Å². The van der Waals surface area contributed by atoms with E-state index in [4.69, 9.17) is 0 Å². The first-order valence-electron chi connectivity index (χ1n) is 7.66. The maximum Gasteiger partial charge on any atom is 0.212 e. The van der Waals surface area contributed by atoms with E-state index in [1.807, 2.05) is 6.20 Å². The Kier molecular flexibility index (Phi) is 2.59. The molecule has 3 heteroatoms. The van der Waals surface area contributed by atoms with Gasteiger partial charge in [0.2, 0.25) is 5.69 Å². The third-order valence-electron chi connectivity index (χ3n) is 4.84. The highest BCUT2D eigenvalue weighted by molar-refractivity contribution is 5.75. The lowest BCUT2D eigenvalue weighted by molar-refractivity contribution is -0.660. The second-order valence-electron chi connectivity index (χ2n) is 6.60. The second kappa shape index (κ2) is 4.29. The zero-order valence-corrected chi connectivity index (χ0v) is 13.5. The largest absolute Gasteiger partial charge is 0.237 e. The Bertz CT molecular complexity index is 887. The molecule has 3 aromatic rings. The van der Waals surface area contributed by atoms with E-state index in [0.717, 1.165) is 0 Å². The number of aromatic nitrogens is 3. The fourth-order valence-corrected chi connectivity index (χ4v) is 3.71. The number of pyridine rings is 1. The molecule has 1 aliphatic rings. The Morgan fingerprint density at radius 1 is 1.09 bits per heavy atom. The Labute approximate surface area is 130 Å². The molecule has 0 N–H and O–H groups in total. The van der Waals surface area contributed by atoms with Crippen LogP contribution < -0.4 is 4.57 Å². The van der Waals surface area contributed by atoms with Gasteiger partial charge in [0.05, 0.1) is 16.9 Å². The molecule has 0 radical (unpaired) electrons. The molecule has 4 rings (SSSR count). The summed E-state index contributed by atoms with van der Waals surface area (Å²) in [6.45, 7) is 6.77. The molecule has 1 aliphatic heterocycles. The van der Waals surface area contributed by atoms with Crippen LogP contribution in [0, 0.1) is 6.92 Å². The average molecular weight is 290 g/mol. The lowest BCUT2D eigenvalue weighted by Crippen LogP contribution is -2.31. The van der Waals surface area contributed by atoms with Crippen molar-refractivity contribution in [3.63, 3.8) is 0 Å². The standard InChI is InChI=1S/C19H20N3/c1-13-8-9-15-18(17(13)14-7-5-6-12-21(14)4)19(2,3)16-10-11-20-22(15)16/h5-12H,1-4H3/q+1. The molecule has 3 heterocycles. The third-order valence-corrected chi connectivity index (χ3v) is 4.84. The van der Waals surface area contributed by atoms with Crippen LogP contribution in [0.2, 0.25) is 0 Å². The molecule has 3 nitrogen and oxygen atoms in total. The van der Waals surface area contributed by atoms with Crippen molar-refractivity contribution in [3.05, 3.63) is 65.6 Å². The van der Waals surface area contributed by atoms with E-state index in [2.05, 4.69) is 84.8 Å². The predicted octanol–water partition coefficient (Wildman–Crippen LogP) is 3.31. The van der Waals surface area contributed by atoms with Crippen molar-refractivity contribution in [1.29, 1.82) is 0 Å². The van der Waals surface area contributed by atoms with Crippen molar-refractivity contribution < 1.29 is 4.57 Å². The number of hydrogen-bond acceptors (Lipinski definition) is 1. The molecular formula is C19H20N3+. The minimum absolute atomic E-state index is 0.0456. The predicted molar refractivity (Wildman–Crippen MR) is 87.0 cm³/mol. The van der Waals surface area contributed by atoms with Crippen LogP contribution in [-0.4, -0.2) is 9.78 Å². The minimum atomic E-state index is -0.0456. The fourth-order valence-electron chi connectivity index (χ4n) is 3.71. The molecule has 0 saturated heterocycles. The molecule has 0 bridgehead atoms. The Morgan fingerprint density at radius 3 is 2.68 bits per heavy atom. The van der Waals surface area contributed by atoms with E-state index in [9.17, 15) is 0 Å². The summed E-state index contributed by atoms with van der Waals surface area (Å²) in [6.07, 6.45) is 4.00. The number of fused-ring (bicyclic) bond motifs is 3. The summed E-state index contributed by atoms with van der Waals surface area (Å²) in [4.78, 5) is 0. The zero-order chi connectivity index (χ0) is 15.5. The molecule has 1 aromatic carbocycles. The van der Waals surface area contributed by atoms with Crippen molar-refractivity contribution in [1.82, 2.24) is 9.78 Å². The van der Waals surface area contributed by atoms with Gasteiger partial charge in [-0.25, -0.2) is 9.25 Å². The maximum atomic E-state index is 4.53. The fraction of sp³-hybridized carbons (Fsp3) is 0.263.